The fourth-order valence-corrected chi connectivity index (χ4v) is 4.36. The summed E-state index contributed by atoms with van der Waals surface area (Å²) >= 11 is 0. The lowest BCUT2D eigenvalue weighted by atomic mass is 10.0. The average molecular weight is 476 g/mol. The van der Waals surface area contributed by atoms with E-state index in [0.29, 0.717) is 0 Å². The van der Waals surface area contributed by atoms with Crippen molar-refractivity contribution in [2.45, 2.75) is 0 Å². The van der Waals surface area contributed by atoms with E-state index in [2.05, 4.69) is 139 Å². The number of benzene rings is 5. The van der Waals surface area contributed by atoms with E-state index >= 15 is 0 Å². The summed E-state index contributed by atoms with van der Waals surface area (Å²) in [4.78, 5) is 2.21. The second-order valence-corrected chi connectivity index (χ2v) is 8.73. The van der Waals surface area contributed by atoms with Gasteiger partial charge in [0.2, 0.25) is 0 Å². The molecule has 0 aliphatic carbocycles. The van der Waals surface area contributed by atoms with Crippen LogP contribution in [0, 0.1) is 0 Å². The summed E-state index contributed by atoms with van der Waals surface area (Å²) in [7, 11) is 0. The monoisotopic (exact) mass is 475 g/mol. The lowest BCUT2D eigenvalue weighted by Crippen LogP contribution is -2.08. The van der Waals surface area contributed by atoms with Crippen LogP contribution in [0.5, 0.6) is 0 Å². The number of allylic oxidation sites excluding steroid dienone is 4. The second-order valence-electron chi connectivity index (χ2n) is 8.73. The Balaban J connectivity index is 1.48. The van der Waals surface area contributed by atoms with E-state index < -0.39 is 0 Å². The molecule has 178 valence electrons. The molecule has 0 heterocycles. The van der Waals surface area contributed by atoms with Crippen molar-refractivity contribution in [2.75, 3.05) is 4.90 Å². The Bertz CT molecular complexity index is 1400. The van der Waals surface area contributed by atoms with E-state index in [-0.39, 0.29) is 0 Å². The molecule has 0 fully saturated rings. The highest BCUT2D eigenvalue weighted by molar-refractivity contribution is 5.76. The van der Waals surface area contributed by atoms with Crippen molar-refractivity contribution < 1.29 is 0 Å². The summed E-state index contributed by atoms with van der Waals surface area (Å²) < 4.78 is 0. The Morgan fingerprint density at radius 2 is 0.892 bits per heavy atom. The minimum absolute atomic E-state index is 1.08. The topological polar surface area (TPSA) is 3.24 Å². The maximum Gasteiger partial charge on any atom is 0.0455 e. The van der Waals surface area contributed by atoms with E-state index in [1.165, 1.54) is 22.3 Å². The molecular weight excluding hydrogens is 446 g/mol. The first-order valence-electron chi connectivity index (χ1n) is 12.5. The third kappa shape index (κ3) is 5.86. The number of hydrogen-bond donors (Lipinski definition) is 0. The second kappa shape index (κ2) is 11.7. The fraction of sp³-hybridized carbons (Fsp3) is 0. The van der Waals surface area contributed by atoms with Crippen LogP contribution in [0.4, 0.5) is 11.4 Å². The lowest BCUT2D eigenvalue weighted by Gasteiger charge is -2.21. The van der Waals surface area contributed by atoms with Crippen LogP contribution in [0.25, 0.3) is 27.8 Å². The highest BCUT2D eigenvalue weighted by Gasteiger charge is 2.08. The van der Waals surface area contributed by atoms with Gasteiger partial charge in [0.25, 0.3) is 0 Å². The molecular formula is C36H29N. The summed E-state index contributed by atoms with van der Waals surface area (Å²) in [6, 6.07) is 48.7. The SMILES string of the molecule is C=C/C(=C\C=C\N(c1ccc(-c2ccccc2)cc1)c1ccc(-c2ccccc2)cc1)c1ccccc1. The van der Waals surface area contributed by atoms with Gasteiger partial charge in [-0.1, -0.05) is 134 Å². The Kier molecular flexibility index (Phi) is 7.54. The van der Waals surface area contributed by atoms with Crippen LogP contribution in [0.1, 0.15) is 5.56 Å². The molecule has 1 nitrogen and oxygen atoms in total. The van der Waals surface area contributed by atoms with Gasteiger partial charge in [0, 0.05) is 17.6 Å². The molecule has 0 aromatic heterocycles. The highest BCUT2D eigenvalue weighted by Crippen LogP contribution is 2.31. The first-order chi connectivity index (χ1) is 18.3. The van der Waals surface area contributed by atoms with Crippen LogP contribution < -0.4 is 4.90 Å². The summed E-state index contributed by atoms with van der Waals surface area (Å²) in [5.74, 6) is 0. The number of hydrogen-bond acceptors (Lipinski definition) is 1. The van der Waals surface area contributed by atoms with Gasteiger partial charge < -0.3 is 4.90 Å². The van der Waals surface area contributed by atoms with Gasteiger partial charge in [-0.15, -0.1) is 0 Å². The zero-order chi connectivity index (χ0) is 25.3. The van der Waals surface area contributed by atoms with E-state index in [9.17, 15) is 0 Å². The number of anilines is 2. The average Bonchev–Trinajstić information content (AvgIpc) is 2.99. The Labute approximate surface area is 220 Å². The molecule has 0 saturated carbocycles. The third-order valence-electron chi connectivity index (χ3n) is 6.34. The van der Waals surface area contributed by atoms with E-state index in [1.54, 1.807) is 0 Å². The minimum Gasteiger partial charge on any atom is -0.317 e. The molecule has 0 spiro atoms. The molecule has 5 aromatic carbocycles. The molecule has 0 bridgehead atoms. The molecule has 0 saturated heterocycles. The molecule has 0 aliphatic heterocycles. The molecule has 1 heteroatoms. The Hall–Kier alpha value is -4.88. The van der Waals surface area contributed by atoms with Gasteiger partial charge in [0.15, 0.2) is 0 Å². The van der Waals surface area contributed by atoms with Gasteiger partial charge >= 0.3 is 0 Å². The van der Waals surface area contributed by atoms with Crippen LogP contribution in [-0.4, -0.2) is 0 Å². The number of rotatable bonds is 8. The third-order valence-corrected chi connectivity index (χ3v) is 6.34. The van der Waals surface area contributed by atoms with E-state index in [4.69, 9.17) is 0 Å². The zero-order valence-electron chi connectivity index (χ0n) is 20.7. The lowest BCUT2D eigenvalue weighted by molar-refractivity contribution is 1.28. The van der Waals surface area contributed by atoms with Crippen LogP contribution in [0.15, 0.2) is 171 Å². The van der Waals surface area contributed by atoms with Crippen LogP contribution in [0.3, 0.4) is 0 Å². The first-order valence-corrected chi connectivity index (χ1v) is 12.5. The molecule has 0 aliphatic rings. The first kappa shape index (κ1) is 23.8. The maximum absolute atomic E-state index is 4.01. The molecule has 37 heavy (non-hydrogen) atoms. The summed E-state index contributed by atoms with van der Waals surface area (Å²) in [5, 5.41) is 0. The van der Waals surface area contributed by atoms with Gasteiger partial charge in [-0.25, -0.2) is 0 Å². The van der Waals surface area contributed by atoms with Crippen molar-refractivity contribution >= 4 is 16.9 Å². The van der Waals surface area contributed by atoms with Crippen LogP contribution >= 0.6 is 0 Å². The molecule has 0 amide bonds. The highest BCUT2D eigenvalue weighted by atomic mass is 15.1. The van der Waals surface area contributed by atoms with Crippen LogP contribution in [-0.2, 0) is 0 Å². The largest absolute Gasteiger partial charge is 0.317 e. The number of nitrogens with zero attached hydrogens (tertiary/aromatic N) is 1. The predicted molar refractivity (Wildman–Crippen MR) is 160 cm³/mol. The van der Waals surface area contributed by atoms with Gasteiger partial charge in [0.1, 0.15) is 0 Å². The van der Waals surface area contributed by atoms with E-state index in [0.717, 1.165) is 22.5 Å². The molecule has 0 atom stereocenters. The van der Waals surface area contributed by atoms with Gasteiger partial charge in [-0.05, 0) is 63.7 Å². The molecule has 0 unspecified atom stereocenters. The van der Waals surface area contributed by atoms with Crippen molar-refractivity contribution in [3.8, 4) is 22.3 Å². The van der Waals surface area contributed by atoms with Gasteiger partial charge in [-0.3, -0.25) is 0 Å². The summed E-state index contributed by atoms with van der Waals surface area (Å²) in [6.07, 6.45) is 8.20. The van der Waals surface area contributed by atoms with Crippen molar-refractivity contribution in [2.24, 2.45) is 0 Å². The zero-order valence-corrected chi connectivity index (χ0v) is 20.7. The van der Waals surface area contributed by atoms with Crippen molar-refractivity contribution in [1.29, 1.82) is 0 Å². The molecule has 0 radical (unpaired) electrons. The maximum atomic E-state index is 4.01. The normalized spacial score (nSPS) is 11.4. The fourth-order valence-electron chi connectivity index (χ4n) is 4.36. The summed E-state index contributed by atoms with van der Waals surface area (Å²) in [5.41, 5.74) is 9.24. The van der Waals surface area contributed by atoms with Crippen molar-refractivity contribution in [3.63, 3.8) is 0 Å². The Morgan fingerprint density at radius 3 is 1.32 bits per heavy atom. The van der Waals surface area contributed by atoms with Crippen molar-refractivity contribution in [3.05, 3.63) is 176 Å². The minimum atomic E-state index is 1.08. The Morgan fingerprint density at radius 1 is 0.486 bits per heavy atom. The smallest absolute Gasteiger partial charge is 0.0455 e. The quantitative estimate of drug-likeness (QED) is 0.202. The van der Waals surface area contributed by atoms with Crippen LogP contribution in [0.2, 0.25) is 0 Å². The standard InChI is InChI=1S/C36H29N/c1-2-29(30-13-6-3-7-14-30)19-12-28-37(35-24-20-33(21-25-35)31-15-8-4-9-16-31)36-26-22-34(23-27-36)32-17-10-5-11-18-32/h2-28H,1H2/b28-12+,29-19+. The van der Waals surface area contributed by atoms with Gasteiger partial charge in [-0.2, -0.15) is 0 Å². The molecule has 0 N–H and O–H groups in total. The van der Waals surface area contributed by atoms with E-state index in [1.807, 2.05) is 36.4 Å². The molecule has 5 rings (SSSR count). The van der Waals surface area contributed by atoms with Crippen molar-refractivity contribution in [1.82, 2.24) is 0 Å². The summed E-state index contributed by atoms with van der Waals surface area (Å²) in [6.45, 7) is 4.01. The van der Waals surface area contributed by atoms with Gasteiger partial charge in [0.05, 0.1) is 0 Å². The molecule has 5 aromatic rings. The predicted octanol–water partition coefficient (Wildman–Crippen LogP) is 9.94.